The van der Waals surface area contributed by atoms with Crippen LogP contribution < -0.4 is 15.5 Å². The van der Waals surface area contributed by atoms with Crippen molar-refractivity contribution in [2.24, 2.45) is 4.99 Å². The van der Waals surface area contributed by atoms with Crippen molar-refractivity contribution in [2.45, 2.75) is 30.7 Å². The van der Waals surface area contributed by atoms with Crippen molar-refractivity contribution in [2.75, 3.05) is 37.3 Å². The van der Waals surface area contributed by atoms with Gasteiger partial charge in [-0.15, -0.1) is 11.8 Å². The van der Waals surface area contributed by atoms with Crippen molar-refractivity contribution in [1.29, 1.82) is 0 Å². The number of rotatable bonds is 8. The molecule has 0 unspecified atom stereocenters. The third-order valence-corrected chi connectivity index (χ3v) is 5.72. The summed E-state index contributed by atoms with van der Waals surface area (Å²) in [5.74, 6) is 2.64. The van der Waals surface area contributed by atoms with Crippen LogP contribution in [0.2, 0.25) is 0 Å². The summed E-state index contributed by atoms with van der Waals surface area (Å²) >= 11 is 1.73. The van der Waals surface area contributed by atoms with Gasteiger partial charge < -0.3 is 15.5 Å². The van der Waals surface area contributed by atoms with Crippen LogP contribution in [0.15, 0.2) is 52.5 Å². The standard InChI is InChI=1S/C21H28FN5S/c1-23-21(24-11-4-14-28-19-8-6-18(22)7-9-19)26-16-17-5-10-20(25-15-17)27-12-2-3-13-27/h5-10,15H,2-4,11-14,16H2,1H3,(H2,23,24,26). The van der Waals surface area contributed by atoms with Gasteiger partial charge in [0.1, 0.15) is 11.6 Å². The minimum absolute atomic E-state index is 0.193. The Morgan fingerprint density at radius 1 is 1.14 bits per heavy atom. The average Bonchev–Trinajstić information content (AvgIpc) is 3.27. The number of aliphatic imine (C=N–C) groups is 1. The smallest absolute Gasteiger partial charge is 0.191 e. The topological polar surface area (TPSA) is 52.6 Å². The molecule has 1 aliphatic rings. The molecule has 150 valence electrons. The van der Waals surface area contributed by atoms with E-state index in [0.717, 1.165) is 54.0 Å². The van der Waals surface area contributed by atoms with E-state index in [0.29, 0.717) is 6.54 Å². The van der Waals surface area contributed by atoms with Gasteiger partial charge in [-0.05, 0) is 60.9 Å². The molecule has 28 heavy (non-hydrogen) atoms. The van der Waals surface area contributed by atoms with Gasteiger partial charge in [0.15, 0.2) is 5.96 Å². The molecule has 0 bridgehead atoms. The molecule has 2 N–H and O–H groups in total. The number of benzene rings is 1. The highest BCUT2D eigenvalue weighted by atomic mass is 32.2. The Labute approximate surface area is 170 Å². The molecular weight excluding hydrogens is 373 g/mol. The number of pyridine rings is 1. The molecule has 0 radical (unpaired) electrons. The first kappa shape index (κ1) is 20.5. The third-order valence-electron chi connectivity index (χ3n) is 4.62. The van der Waals surface area contributed by atoms with Gasteiger partial charge in [0.25, 0.3) is 0 Å². The highest BCUT2D eigenvalue weighted by molar-refractivity contribution is 7.99. The van der Waals surface area contributed by atoms with Gasteiger partial charge in [0.2, 0.25) is 0 Å². The van der Waals surface area contributed by atoms with Crippen molar-refractivity contribution >= 4 is 23.5 Å². The van der Waals surface area contributed by atoms with Crippen molar-refractivity contribution in [3.05, 3.63) is 54.0 Å². The zero-order chi connectivity index (χ0) is 19.6. The van der Waals surface area contributed by atoms with Gasteiger partial charge in [-0.25, -0.2) is 9.37 Å². The molecule has 2 heterocycles. The lowest BCUT2D eigenvalue weighted by molar-refractivity contribution is 0.626. The molecule has 0 saturated carbocycles. The second kappa shape index (κ2) is 10.9. The van der Waals surface area contributed by atoms with E-state index in [1.807, 2.05) is 18.3 Å². The Morgan fingerprint density at radius 3 is 2.61 bits per heavy atom. The van der Waals surface area contributed by atoms with Crippen LogP contribution in [0, 0.1) is 5.82 Å². The van der Waals surface area contributed by atoms with Crippen molar-refractivity contribution in [3.8, 4) is 0 Å². The van der Waals surface area contributed by atoms with Gasteiger partial charge in [-0.1, -0.05) is 6.07 Å². The Bertz CT molecular complexity index is 742. The number of nitrogens with zero attached hydrogens (tertiary/aromatic N) is 3. The van der Waals surface area contributed by atoms with E-state index < -0.39 is 0 Å². The summed E-state index contributed by atoms with van der Waals surface area (Å²) in [7, 11) is 1.78. The van der Waals surface area contributed by atoms with Gasteiger partial charge in [0.05, 0.1) is 0 Å². The second-order valence-corrected chi connectivity index (χ2v) is 7.90. The highest BCUT2D eigenvalue weighted by Gasteiger charge is 2.12. The average molecular weight is 402 g/mol. The summed E-state index contributed by atoms with van der Waals surface area (Å²) in [5, 5.41) is 6.65. The molecule has 0 amide bonds. The number of guanidine groups is 1. The van der Waals surface area contributed by atoms with E-state index in [1.165, 1.54) is 25.0 Å². The van der Waals surface area contributed by atoms with Crippen LogP contribution in [0.3, 0.4) is 0 Å². The molecule has 3 rings (SSSR count). The fourth-order valence-corrected chi connectivity index (χ4v) is 3.91. The van der Waals surface area contributed by atoms with E-state index in [9.17, 15) is 4.39 Å². The van der Waals surface area contributed by atoms with E-state index >= 15 is 0 Å². The minimum atomic E-state index is -0.193. The molecule has 1 fully saturated rings. The summed E-state index contributed by atoms with van der Waals surface area (Å²) in [5.41, 5.74) is 1.14. The zero-order valence-corrected chi connectivity index (χ0v) is 17.1. The highest BCUT2D eigenvalue weighted by Crippen LogP contribution is 2.19. The fourth-order valence-electron chi connectivity index (χ4n) is 3.06. The molecule has 1 aromatic carbocycles. The lowest BCUT2D eigenvalue weighted by Gasteiger charge is -2.16. The quantitative estimate of drug-likeness (QED) is 0.306. The lowest BCUT2D eigenvalue weighted by atomic mass is 10.3. The van der Waals surface area contributed by atoms with Gasteiger partial charge >= 0.3 is 0 Å². The van der Waals surface area contributed by atoms with Crippen LogP contribution in [-0.4, -0.2) is 43.4 Å². The molecule has 0 spiro atoms. The first-order valence-electron chi connectivity index (χ1n) is 9.77. The van der Waals surface area contributed by atoms with Gasteiger partial charge in [0, 0.05) is 44.3 Å². The normalized spacial score (nSPS) is 14.4. The largest absolute Gasteiger partial charge is 0.357 e. The number of thioether (sulfide) groups is 1. The van der Waals surface area contributed by atoms with E-state index in [1.54, 1.807) is 18.8 Å². The van der Waals surface area contributed by atoms with Crippen LogP contribution in [0.25, 0.3) is 0 Å². The number of halogens is 1. The van der Waals surface area contributed by atoms with Gasteiger partial charge in [-0.2, -0.15) is 0 Å². The monoisotopic (exact) mass is 401 g/mol. The van der Waals surface area contributed by atoms with Crippen molar-refractivity contribution in [1.82, 2.24) is 15.6 Å². The molecule has 0 atom stereocenters. The van der Waals surface area contributed by atoms with Crippen LogP contribution in [0.5, 0.6) is 0 Å². The molecular formula is C21H28FN5S. The fraction of sp³-hybridized carbons (Fsp3) is 0.429. The number of nitrogens with one attached hydrogen (secondary N) is 2. The van der Waals surface area contributed by atoms with Crippen LogP contribution >= 0.6 is 11.8 Å². The summed E-state index contributed by atoms with van der Waals surface area (Å²) in [6.45, 7) is 3.75. The molecule has 1 saturated heterocycles. The van der Waals surface area contributed by atoms with E-state index in [-0.39, 0.29) is 5.82 Å². The van der Waals surface area contributed by atoms with Crippen molar-refractivity contribution in [3.63, 3.8) is 0 Å². The molecule has 1 aliphatic heterocycles. The number of anilines is 1. The number of hydrogen-bond acceptors (Lipinski definition) is 4. The molecule has 0 aliphatic carbocycles. The molecule has 1 aromatic heterocycles. The first-order valence-corrected chi connectivity index (χ1v) is 10.8. The van der Waals surface area contributed by atoms with Crippen molar-refractivity contribution < 1.29 is 4.39 Å². The maximum Gasteiger partial charge on any atom is 0.191 e. The van der Waals surface area contributed by atoms with Crippen LogP contribution in [-0.2, 0) is 6.54 Å². The Hall–Kier alpha value is -2.28. The molecule has 2 aromatic rings. The number of aromatic nitrogens is 1. The Morgan fingerprint density at radius 2 is 1.93 bits per heavy atom. The Kier molecular flexibility index (Phi) is 7.96. The van der Waals surface area contributed by atoms with Crippen LogP contribution in [0.4, 0.5) is 10.2 Å². The molecule has 7 heteroatoms. The van der Waals surface area contributed by atoms with E-state index in [4.69, 9.17) is 0 Å². The first-order chi connectivity index (χ1) is 13.7. The SMILES string of the molecule is CN=C(NCCCSc1ccc(F)cc1)NCc1ccc(N2CCCC2)nc1. The maximum atomic E-state index is 12.9. The summed E-state index contributed by atoms with van der Waals surface area (Å²) in [4.78, 5) is 12.3. The summed E-state index contributed by atoms with van der Waals surface area (Å²) in [6, 6.07) is 10.9. The summed E-state index contributed by atoms with van der Waals surface area (Å²) < 4.78 is 12.9. The van der Waals surface area contributed by atoms with Crippen LogP contribution in [0.1, 0.15) is 24.8 Å². The zero-order valence-electron chi connectivity index (χ0n) is 16.3. The van der Waals surface area contributed by atoms with Gasteiger partial charge in [-0.3, -0.25) is 4.99 Å². The second-order valence-electron chi connectivity index (χ2n) is 6.73. The predicted octanol–water partition coefficient (Wildman–Crippen LogP) is 3.67. The number of hydrogen-bond donors (Lipinski definition) is 2. The Balaban J connectivity index is 1.33. The lowest BCUT2D eigenvalue weighted by Crippen LogP contribution is -2.37. The third kappa shape index (κ3) is 6.41. The molecule has 5 nitrogen and oxygen atoms in total. The minimum Gasteiger partial charge on any atom is -0.357 e. The predicted molar refractivity (Wildman–Crippen MR) is 116 cm³/mol. The van der Waals surface area contributed by atoms with E-state index in [2.05, 4.69) is 37.6 Å². The summed E-state index contributed by atoms with van der Waals surface area (Å²) in [6.07, 6.45) is 5.45. The maximum absolute atomic E-state index is 12.9.